The van der Waals surface area contributed by atoms with Gasteiger partial charge in [-0.1, -0.05) is 24.6 Å². The Morgan fingerprint density at radius 1 is 1.53 bits per heavy atom. The molecule has 0 aromatic heterocycles. The fraction of sp³-hybridized carbons (Fsp3) is 0.538. The van der Waals surface area contributed by atoms with E-state index in [4.69, 9.17) is 17.3 Å². The predicted molar refractivity (Wildman–Crippen MR) is 68.6 cm³/mol. The summed E-state index contributed by atoms with van der Waals surface area (Å²) >= 11 is 6.15. The van der Waals surface area contributed by atoms with Crippen LogP contribution in [-0.4, -0.2) is 24.5 Å². The maximum Gasteiger partial charge on any atom is 0.129 e. The first-order chi connectivity index (χ1) is 8.19. The van der Waals surface area contributed by atoms with E-state index in [2.05, 4.69) is 11.8 Å². The molecule has 0 spiro atoms. The zero-order valence-electron chi connectivity index (χ0n) is 10.00. The lowest BCUT2D eigenvalue weighted by molar-refractivity contribution is 0.236. The summed E-state index contributed by atoms with van der Waals surface area (Å²) in [5, 5.41) is 0.508. The maximum absolute atomic E-state index is 14.0. The van der Waals surface area contributed by atoms with E-state index < -0.39 is 0 Å². The number of hydrogen-bond acceptors (Lipinski definition) is 2. The van der Waals surface area contributed by atoms with Crippen LogP contribution in [0.5, 0.6) is 0 Å². The summed E-state index contributed by atoms with van der Waals surface area (Å²) in [7, 11) is 0. The van der Waals surface area contributed by atoms with Crippen molar-refractivity contribution in [1.29, 1.82) is 0 Å². The van der Waals surface area contributed by atoms with Crippen molar-refractivity contribution in [1.82, 2.24) is 4.90 Å². The molecule has 94 valence electrons. The maximum atomic E-state index is 14.0. The van der Waals surface area contributed by atoms with E-state index in [1.807, 2.05) is 0 Å². The second-order valence-electron chi connectivity index (χ2n) is 4.49. The molecule has 0 radical (unpaired) electrons. The smallest absolute Gasteiger partial charge is 0.129 e. The van der Waals surface area contributed by atoms with Crippen molar-refractivity contribution in [2.75, 3.05) is 19.6 Å². The molecule has 1 aromatic rings. The molecule has 2 nitrogen and oxygen atoms in total. The minimum absolute atomic E-state index is 0.0266. The van der Waals surface area contributed by atoms with Gasteiger partial charge in [-0.3, -0.25) is 4.90 Å². The van der Waals surface area contributed by atoms with Gasteiger partial charge in [0.15, 0.2) is 0 Å². The monoisotopic (exact) mass is 256 g/mol. The van der Waals surface area contributed by atoms with Crippen LogP contribution in [0.3, 0.4) is 0 Å². The lowest BCUT2D eigenvalue weighted by atomic mass is 9.93. The van der Waals surface area contributed by atoms with Gasteiger partial charge in [-0.2, -0.15) is 0 Å². The predicted octanol–water partition coefficient (Wildman–Crippen LogP) is 2.82. The molecular formula is C13H18ClFN2. The number of rotatable bonds is 3. The first-order valence-corrected chi connectivity index (χ1v) is 6.44. The van der Waals surface area contributed by atoms with E-state index in [1.54, 1.807) is 12.1 Å². The summed E-state index contributed by atoms with van der Waals surface area (Å²) < 4.78 is 14.0. The van der Waals surface area contributed by atoms with Crippen LogP contribution in [0.15, 0.2) is 18.2 Å². The van der Waals surface area contributed by atoms with E-state index >= 15 is 0 Å². The lowest BCUT2D eigenvalue weighted by Crippen LogP contribution is -2.29. The molecule has 2 rings (SSSR count). The third-order valence-corrected chi connectivity index (χ3v) is 3.96. The van der Waals surface area contributed by atoms with Crippen LogP contribution < -0.4 is 5.73 Å². The van der Waals surface area contributed by atoms with Crippen molar-refractivity contribution in [3.8, 4) is 0 Å². The quantitative estimate of drug-likeness (QED) is 0.901. The van der Waals surface area contributed by atoms with Gasteiger partial charge in [0.1, 0.15) is 5.82 Å². The summed E-state index contributed by atoms with van der Waals surface area (Å²) in [4.78, 5) is 2.25. The highest BCUT2D eigenvalue weighted by atomic mass is 35.5. The summed E-state index contributed by atoms with van der Waals surface area (Å²) in [6.07, 6.45) is 1.01. The molecule has 4 heteroatoms. The van der Waals surface area contributed by atoms with E-state index in [-0.39, 0.29) is 11.9 Å². The van der Waals surface area contributed by atoms with Gasteiger partial charge in [0.05, 0.1) is 0 Å². The number of hydrogen-bond donors (Lipinski definition) is 1. The lowest BCUT2D eigenvalue weighted by Gasteiger charge is -2.28. The third kappa shape index (κ3) is 2.32. The summed E-state index contributed by atoms with van der Waals surface area (Å²) in [6.45, 7) is 4.52. The second-order valence-corrected chi connectivity index (χ2v) is 4.90. The van der Waals surface area contributed by atoms with Gasteiger partial charge in [-0.15, -0.1) is 0 Å². The standard InChI is InChI=1S/C13H18ClFN2/c1-2-17-7-6-9(8-16)13(17)12-10(14)4-3-5-11(12)15/h3-5,9,13H,2,6-8,16H2,1H3. The minimum atomic E-state index is -0.221. The van der Waals surface area contributed by atoms with Crippen LogP contribution in [-0.2, 0) is 0 Å². The van der Waals surface area contributed by atoms with Gasteiger partial charge in [0, 0.05) is 16.6 Å². The number of nitrogens with zero attached hydrogens (tertiary/aromatic N) is 1. The van der Waals surface area contributed by atoms with Gasteiger partial charge >= 0.3 is 0 Å². The van der Waals surface area contributed by atoms with Crippen molar-refractivity contribution in [3.05, 3.63) is 34.6 Å². The molecule has 1 saturated heterocycles. The zero-order valence-corrected chi connectivity index (χ0v) is 10.8. The van der Waals surface area contributed by atoms with E-state index in [1.165, 1.54) is 6.07 Å². The van der Waals surface area contributed by atoms with Crippen LogP contribution in [0.25, 0.3) is 0 Å². The number of likely N-dealkylation sites (tertiary alicyclic amines) is 1. The molecular weight excluding hydrogens is 239 g/mol. The second kappa shape index (κ2) is 5.34. The van der Waals surface area contributed by atoms with Crippen molar-refractivity contribution in [2.45, 2.75) is 19.4 Å². The third-order valence-electron chi connectivity index (χ3n) is 3.63. The van der Waals surface area contributed by atoms with E-state index in [9.17, 15) is 4.39 Å². The van der Waals surface area contributed by atoms with Crippen LogP contribution in [0.4, 0.5) is 4.39 Å². The first kappa shape index (κ1) is 12.8. The molecule has 0 bridgehead atoms. The topological polar surface area (TPSA) is 29.3 Å². The Morgan fingerprint density at radius 2 is 2.29 bits per heavy atom. The molecule has 0 amide bonds. The molecule has 1 fully saturated rings. The summed E-state index contributed by atoms with van der Waals surface area (Å²) in [5.74, 6) is 0.0747. The average molecular weight is 257 g/mol. The SMILES string of the molecule is CCN1CCC(CN)C1c1c(F)cccc1Cl. The van der Waals surface area contributed by atoms with Crippen molar-refractivity contribution >= 4 is 11.6 Å². The largest absolute Gasteiger partial charge is 0.330 e. The molecule has 2 atom stereocenters. The van der Waals surface area contributed by atoms with Gasteiger partial charge in [-0.25, -0.2) is 4.39 Å². The highest BCUT2D eigenvalue weighted by Crippen LogP contribution is 2.40. The molecule has 2 N–H and O–H groups in total. The number of nitrogens with two attached hydrogens (primary N) is 1. The zero-order chi connectivity index (χ0) is 12.4. The van der Waals surface area contributed by atoms with Crippen molar-refractivity contribution in [2.24, 2.45) is 11.7 Å². The van der Waals surface area contributed by atoms with Gasteiger partial charge in [0.2, 0.25) is 0 Å². The van der Waals surface area contributed by atoms with E-state index in [0.29, 0.717) is 23.0 Å². The highest BCUT2D eigenvalue weighted by molar-refractivity contribution is 6.31. The molecule has 0 aliphatic carbocycles. The molecule has 1 aliphatic rings. The molecule has 0 saturated carbocycles. The van der Waals surface area contributed by atoms with Crippen LogP contribution in [0.2, 0.25) is 5.02 Å². The molecule has 1 aromatic carbocycles. The highest BCUT2D eigenvalue weighted by Gasteiger charge is 2.36. The molecule has 2 unspecified atom stereocenters. The van der Waals surface area contributed by atoms with Gasteiger partial charge in [-0.05, 0) is 44.1 Å². The normalized spacial score (nSPS) is 25.4. The van der Waals surface area contributed by atoms with E-state index in [0.717, 1.165) is 19.5 Å². The summed E-state index contributed by atoms with van der Waals surface area (Å²) in [5.41, 5.74) is 6.40. The Labute approximate surface area is 107 Å². The number of halogens is 2. The van der Waals surface area contributed by atoms with Gasteiger partial charge in [0.25, 0.3) is 0 Å². The first-order valence-electron chi connectivity index (χ1n) is 6.07. The Hall–Kier alpha value is -0.640. The Bertz CT molecular complexity index is 365. The van der Waals surface area contributed by atoms with Crippen molar-refractivity contribution < 1.29 is 4.39 Å². The van der Waals surface area contributed by atoms with Crippen LogP contribution in [0, 0.1) is 11.7 Å². The fourth-order valence-electron chi connectivity index (χ4n) is 2.74. The Kier molecular flexibility index (Phi) is 4.02. The fourth-order valence-corrected chi connectivity index (χ4v) is 3.01. The Balaban J connectivity index is 2.41. The average Bonchev–Trinajstić information content (AvgIpc) is 2.72. The molecule has 1 heterocycles. The Morgan fingerprint density at radius 3 is 2.88 bits per heavy atom. The minimum Gasteiger partial charge on any atom is -0.330 e. The van der Waals surface area contributed by atoms with Crippen LogP contribution >= 0.6 is 11.6 Å². The molecule has 1 aliphatic heterocycles. The summed E-state index contributed by atoms with van der Waals surface area (Å²) in [6, 6.07) is 4.89. The number of benzene rings is 1. The molecule has 17 heavy (non-hydrogen) atoms. The van der Waals surface area contributed by atoms with Crippen LogP contribution in [0.1, 0.15) is 24.9 Å². The van der Waals surface area contributed by atoms with Crippen molar-refractivity contribution in [3.63, 3.8) is 0 Å². The van der Waals surface area contributed by atoms with Gasteiger partial charge < -0.3 is 5.73 Å².